The zero-order chi connectivity index (χ0) is 16.5. The molecule has 6 heteroatoms. The van der Waals surface area contributed by atoms with Gasteiger partial charge in [-0.25, -0.2) is 5.43 Å². The van der Waals surface area contributed by atoms with Gasteiger partial charge in [0.1, 0.15) is 0 Å². The van der Waals surface area contributed by atoms with E-state index in [2.05, 4.69) is 15.8 Å². The van der Waals surface area contributed by atoms with E-state index < -0.39 is 5.91 Å². The van der Waals surface area contributed by atoms with Crippen LogP contribution >= 0.6 is 0 Å². The molecule has 0 fully saturated rings. The van der Waals surface area contributed by atoms with Crippen LogP contribution in [0.4, 0.5) is 0 Å². The summed E-state index contributed by atoms with van der Waals surface area (Å²) >= 11 is 0. The van der Waals surface area contributed by atoms with Crippen LogP contribution in [0.25, 0.3) is 6.08 Å². The Morgan fingerprint density at radius 2 is 2.00 bits per heavy atom. The number of benzene rings is 1. The highest BCUT2D eigenvalue weighted by Gasteiger charge is 2.03. The predicted octanol–water partition coefficient (Wildman–Crippen LogP) is 1.95. The lowest BCUT2D eigenvalue weighted by Crippen LogP contribution is -2.34. The Labute approximate surface area is 133 Å². The van der Waals surface area contributed by atoms with Crippen LogP contribution in [-0.2, 0) is 9.59 Å². The third-order valence-corrected chi connectivity index (χ3v) is 2.93. The molecule has 118 valence electrons. The van der Waals surface area contributed by atoms with Crippen LogP contribution in [0.1, 0.15) is 18.1 Å². The summed E-state index contributed by atoms with van der Waals surface area (Å²) in [5.41, 5.74) is 4.77. The van der Waals surface area contributed by atoms with Gasteiger partial charge < -0.3 is 9.73 Å². The van der Waals surface area contributed by atoms with Crippen molar-refractivity contribution in [2.75, 3.05) is 6.54 Å². The molecule has 1 aromatic carbocycles. The molecule has 0 aliphatic heterocycles. The summed E-state index contributed by atoms with van der Waals surface area (Å²) in [6.07, 6.45) is 5.95. The van der Waals surface area contributed by atoms with Crippen molar-refractivity contribution in [2.45, 2.75) is 6.92 Å². The molecule has 0 aliphatic rings. The van der Waals surface area contributed by atoms with Gasteiger partial charge in [0.25, 0.3) is 5.91 Å². The monoisotopic (exact) mass is 311 g/mol. The molecule has 2 aromatic rings. The fraction of sp³-hybridized carbons (Fsp3) is 0.118. The third kappa shape index (κ3) is 5.62. The first-order valence-electron chi connectivity index (χ1n) is 7.02. The van der Waals surface area contributed by atoms with Gasteiger partial charge in [-0.1, -0.05) is 30.3 Å². The summed E-state index contributed by atoms with van der Waals surface area (Å²) in [6, 6.07) is 11.2. The fourth-order valence-corrected chi connectivity index (χ4v) is 1.70. The van der Waals surface area contributed by atoms with Gasteiger partial charge in [0.05, 0.1) is 24.8 Å². The normalized spacial score (nSPS) is 11.4. The van der Waals surface area contributed by atoms with Gasteiger partial charge in [-0.2, -0.15) is 5.10 Å². The van der Waals surface area contributed by atoms with Gasteiger partial charge >= 0.3 is 0 Å². The van der Waals surface area contributed by atoms with Crippen LogP contribution in [0, 0.1) is 0 Å². The minimum Gasteiger partial charge on any atom is -0.472 e. The molecule has 0 unspecified atom stereocenters. The fourth-order valence-electron chi connectivity index (χ4n) is 1.70. The summed E-state index contributed by atoms with van der Waals surface area (Å²) in [5, 5.41) is 6.47. The highest BCUT2D eigenvalue weighted by molar-refractivity contribution is 5.99. The summed E-state index contributed by atoms with van der Waals surface area (Å²) in [6.45, 7) is 1.64. The molecule has 23 heavy (non-hydrogen) atoms. The zero-order valence-corrected chi connectivity index (χ0v) is 12.7. The van der Waals surface area contributed by atoms with Crippen LogP contribution in [-0.4, -0.2) is 24.1 Å². The van der Waals surface area contributed by atoms with E-state index in [1.807, 2.05) is 30.3 Å². The van der Waals surface area contributed by atoms with Gasteiger partial charge in [-0.15, -0.1) is 0 Å². The van der Waals surface area contributed by atoms with Gasteiger partial charge in [-0.3, -0.25) is 9.59 Å². The number of carbonyl (C=O) groups is 2. The van der Waals surface area contributed by atoms with E-state index in [0.29, 0.717) is 5.71 Å². The second kappa shape index (κ2) is 8.33. The smallest absolute Gasteiger partial charge is 0.259 e. The van der Waals surface area contributed by atoms with E-state index >= 15 is 0 Å². The Hall–Kier alpha value is -3.15. The molecular formula is C17H17N3O3. The van der Waals surface area contributed by atoms with Gasteiger partial charge in [0.2, 0.25) is 5.91 Å². The topological polar surface area (TPSA) is 83.7 Å². The first-order chi connectivity index (χ1) is 11.1. The Morgan fingerprint density at radius 1 is 1.22 bits per heavy atom. The SMILES string of the molecule is C/C(=N/NC(=O)CNC(=O)/C=C/c1ccoc1)c1ccccc1. The molecule has 6 nitrogen and oxygen atoms in total. The van der Waals surface area contributed by atoms with Gasteiger partial charge in [0.15, 0.2) is 0 Å². The summed E-state index contributed by atoms with van der Waals surface area (Å²) in [7, 11) is 0. The number of hydrazone groups is 1. The van der Waals surface area contributed by atoms with Crippen LogP contribution in [0.15, 0.2) is 64.5 Å². The van der Waals surface area contributed by atoms with Crippen molar-refractivity contribution in [1.29, 1.82) is 0 Å². The van der Waals surface area contributed by atoms with E-state index in [9.17, 15) is 9.59 Å². The highest BCUT2D eigenvalue weighted by atomic mass is 16.3. The molecule has 2 rings (SSSR count). The lowest BCUT2D eigenvalue weighted by molar-refractivity contribution is -0.123. The highest BCUT2D eigenvalue weighted by Crippen LogP contribution is 2.01. The molecule has 0 bridgehead atoms. The maximum absolute atomic E-state index is 11.6. The number of hydrogen-bond acceptors (Lipinski definition) is 4. The van der Waals surface area contributed by atoms with Crippen molar-refractivity contribution < 1.29 is 14.0 Å². The first kappa shape index (κ1) is 16.2. The van der Waals surface area contributed by atoms with Crippen LogP contribution in [0.2, 0.25) is 0 Å². The van der Waals surface area contributed by atoms with Crippen molar-refractivity contribution in [3.8, 4) is 0 Å². The second-order valence-corrected chi connectivity index (χ2v) is 4.71. The maximum Gasteiger partial charge on any atom is 0.259 e. The molecule has 2 amide bonds. The molecule has 0 saturated carbocycles. The van der Waals surface area contributed by atoms with Crippen LogP contribution < -0.4 is 10.7 Å². The standard InChI is InChI=1S/C17H17N3O3/c1-13(15-5-3-2-4-6-15)19-20-17(22)11-18-16(21)8-7-14-9-10-23-12-14/h2-10,12H,11H2,1H3,(H,18,21)(H,20,22)/b8-7+,19-13-. The summed E-state index contributed by atoms with van der Waals surface area (Å²) in [4.78, 5) is 23.2. The minimum atomic E-state index is -0.398. The molecular weight excluding hydrogens is 294 g/mol. The van der Waals surface area contributed by atoms with E-state index in [1.54, 1.807) is 19.1 Å². The average molecular weight is 311 g/mol. The van der Waals surface area contributed by atoms with E-state index in [0.717, 1.165) is 11.1 Å². The van der Waals surface area contributed by atoms with Crippen molar-refractivity contribution in [1.82, 2.24) is 10.7 Å². The number of nitrogens with one attached hydrogen (secondary N) is 2. The average Bonchev–Trinajstić information content (AvgIpc) is 3.10. The second-order valence-electron chi connectivity index (χ2n) is 4.71. The number of hydrogen-bond donors (Lipinski definition) is 2. The van der Waals surface area contributed by atoms with Crippen molar-refractivity contribution in [3.63, 3.8) is 0 Å². The lowest BCUT2D eigenvalue weighted by atomic mass is 10.1. The summed E-state index contributed by atoms with van der Waals surface area (Å²) < 4.78 is 4.87. The maximum atomic E-state index is 11.6. The minimum absolute atomic E-state index is 0.153. The molecule has 2 N–H and O–H groups in total. The number of amides is 2. The molecule has 1 aromatic heterocycles. The van der Waals surface area contributed by atoms with Crippen molar-refractivity contribution >= 4 is 23.6 Å². The molecule has 0 atom stereocenters. The Kier molecular flexibility index (Phi) is 5.88. The van der Waals surface area contributed by atoms with Crippen LogP contribution in [0.5, 0.6) is 0 Å². The lowest BCUT2D eigenvalue weighted by Gasteiger charge is -2.03. The van der Waals surface area contributed by atoms with Crippen LogP contribution in [0.3, 0.4) is 0 Å². The number of carbonyl (C=O) groups excluding carboxylic acids is 2. The number of rotatable bonds is 6. The van der Waals surface area contributed by atoms with Crippen molar-refractivity contribution in [2.24, 2.45) is 5.10 Å². The van der Waals surface area contributed by atoms with Crippen molar-refractivity contribution in [3.05, 3.63) is 66.1 Å². The zero-order valence-electron chi connectivity index (χ0n) is 12.7. The number of furan rings is 1. The Morgan fingerprint density at radius 3 is 2.70 bits per heavy atom. The van der Waals surface area contributed by atoms with E-state index in [1.165, 1.54) is 18.6 Å². The van der Waals surface area contributed by atoms with E-state index in [4.69, 9.17) is 4.42 Å². The first-order valence-corrected chi connectivity index (χ1v) is 7.02. The number of nitrogens with zero attached hydrogens (tertiary/aromatic N) is 1. The third-order valence-electron chi connectivity index (χ3n) is 2.93. The quantitative estimate of drug-likeness (QED) is 0.486. The molecule has 0 spiro atoms. The Bertz CT molecular complexity index is 704. The Balaban J connectivity index is 1.75. The predicted molar refractivity (Wildman–Crippen MR) is 87.5 cm³/mol. The van der Waals surface area contributed by atoms with Gasteiger partial charge in [-0.05, 0) is 24.6 Å². The van der Waals surface area contributed by atoms with Gasteiger partial charge in [0, 0.05) is 11.6 Å². The molecule has 0 saturated heterocycles. The molecule has 0 aliphatic carbocycles. The summed E-state index contributed by atoms with van der Waals surface area (Å²) in [5.74, 6) is -0.768. The largest absolute Gasteiger partial charge is 0.472 e. The van der Waals surface area contributed by atoms with E-state index in [-0.39, 0.29) is 12.5 Å². The molecule has 0 radical (unpaired) electrons. The molecule has 1 heterocycles.